The van der Waals surface area contributed by atoms with Crippen LogP contribution in [0.2, 0.25) is 5.02 Å². The maximum atomic E-state index is 13.0. The first-order valence-electron chi connectivity index (χ1n) is 9.35. The molecule has 0 aliphatic carbocycles. The summed E-state index contributed by atoms with van der Waals surface area (Å²) in [6, 6.07) is 10.8. The van der Waals surface area contributed by atoms with Crippen LogP contribution in [0.15, 0.2) is 64.7 Å². The molecule has 0 unspecified atom stereocenters. The monoisotopic (exact) mass is 464 g/mol. The molecular formula is C21H21ClN2O6S. The number of rotatable bonds is 7. The number of carbonyl (C=O) groups is 2. The van der Waals surface area contributed by atoms with Crippen LogP contribution >= 0.6 is 11.6 Å². The largest absolute Gasteiger partial charge is 0.496 e. The molecule has 0 fully saturated rings. The number of benzene rings is 2. The third-order valence-electron chi connectivity index (χ3n) is 4.61. The summed E-state index contributed by atoms with van der Waals surface area (Å²) in [6.07, 6.45) is 0. The number of esters is 1. The third-order valence-corrected chi connectivity index (χ3v) is 6.52. The summed E-state index contributed by atoms with van der Waals surface area (Å²) in [4.78, 5) is 25.2. The van der Waals surface area contributed by atoms with Crippen molar-refractivity contribution in [1.29, 1.82) is 0 Å². The molecule has 3 rings (SSSR count). The van der Waals surface area contributed by atoms with Crippen LogP contribution in [0.5, 0.6) is 5.75 Å². The lowest BCUT2D eigenvalue weighted by molar-refractivity contribution is -0.139. The molecule has 0 saturated carbocycles. The van der Waals surface area contributed by atoms with E-state index in [0.29, 0.717) is 16.3 Å². The number of sulfone groups is 1. The lowest BCUT2D eigenvalue weighted by Gasteiger charge is -2.30. The summed E-state index contributed by atoms with van der Waals surface area (Å²) < 4.78 is 36.5. The highest BCUT2D eigenvalue weighted by Crippen LogP contribution is 2.34. The maximum absolute atomic E-state index is 13.0. The first kappa shape index (κ1) is 22.6. The molecule has 0 aromatic heterocycles. The normalized spacial score (nSPS) is 16.4. The average molecular weight is 465 g/mol. The summed E-state index contributed by atoms with van der Waals surface area (Å²) in [7, 11) is -2.44. The van der Waals surface area contributed by atoms with Gasteiger partial charge in [0.25, 0.3) is 0 Å². The molecule has 2 aromatic carbocycles. The van der Waals surface area contributed by atoms with Crippen molar-refractivity contribution >= 4 is 33.4 Å². The molecule has 10 heteroatoms. The van der Waals surface area contributed by atoms with E-state index in [4.69, 9.17) is 21.1 Å². The van der Waals surface area contributed by atoms with E-state index in [2.05, 4.69) is 10.6 Å². The number of urea groups is 1. The molecule has 8 nitrogen and oxygen atoms in total. The summed E-state index contributed by atoms with van der Waals surface area (Å²) in [5, 5.41) is 5.51. The van der Waals surface area contributed by atoms with Gasteiger partial charge < -0.3 is 20.1 Å². The van der Waals surface area contributed by atoms with Crippen LogP contribution in [0.25, 0.3) is 0 Å². The number of amides is 2. The van der Waals surface area contributed by atoms with E-state index in [0.717, 1.165) is 0 Å². The van der Waals surface area contributed by atoms with Gasteiger partial charge in [0, 0.05) is 16.3 Å². The lowest BCUT2D eigenvalue weighted by atomic mass is 9.95. The van der Waals surface area contributed by atoms with Crippen molar-refractivity contribution in [2.75, 3.05) is 19.5 Å². The van der Waals surface area contributed by atoms with Crippen molar-refractivity contribution in [3.05, 3.63) is 70.4 Å². The average Bonchev–Trinajstić information content (AvgIpc) is 2.73. The molecule has 1 atom stereocenters. The predicted octanol–water partition coefficient (Wildman–Crippen LogP) is 2.99. The van der Waals surface area contributed by atoms with Crippen LogP contribution in [0.4, 0.5) is 4.79 Å². The van der Waals surface area contributed by atoms with Crippen molar-refractivity contribution in [2.45, 2.75) is 17.9 Å². The van der Waals surface area contributed by atoms with Gasteiger partial charge in [-0.25, -0.2) is 18.0 Å². The van der Waals surface area contributed by atoms with E-state index in [1.54, 1.807) is 31.2 Å². The molecule has 0 spiro atoms. The number of hydrogen-bond donors (Lipinski definition) is 2. The van der Waals surface area contributed by atoms with E-state index in [1.165, 1.54) is 31.4 Å². The van der Waals surface area contributed by atoms with Crippen LogP contribution in [0, 0.1) is 0 Å². The zero-order valence-electron chi connectivity index (χ0n) is 16.8. The number of nitrogens with one attached hydrogen (secondary N) is 2. The van der Waals surface area contributed by atoms with E-state index < -0.39 is 33.6 Å². The van der Waals surface area contributed by atoms with E-state index >= 15 is 0 Å². The molecule has 1 heterocycles. The minimum atomic E-state index is -3.90. The lowest BCUT2D eigenvalue weighted by Crippen LogP contribution is -2.47. The van der Waals surface area contributed by atoms with Crippen LogP contribution in [-0.2, 0) is 19.4 Å². The summed E-state index contributed by atoms with van der Waals surface area (Å²) in [5.41, 5.74) is 0.417. The first-order chi connectivity index (χ1) is 14.8. The number of carbonyl (C=O) groups excluding carboxylic acids is 2. The minimum Gasteiger partial charge on any atom is -0.496 e. The molecule has 2 amide bonds. The highest BCUT2D eigenvalue weighted by atomic mass is 35.5. The van der Waals surface area contributed by atoms with E-state index in [-0.39, 0.29) is 22.8 Å². The molecule has 0 bridgehead atoms. The van der Waals surface area contributed by atoms with Gasteiger partial charge in [0.1, 0.15) is 5.75 Å². The van der Waals surface area contributed by atoms with Crippen LogP contribution in [0.3, 0.4) is 0 Å². The van der Waals surface area contributed by atoms with Crippen molar-refractivity contribution in [3.63, 3.8) is 0 Å². The Morgan fingerprint density at radius 2 is 1.81 bits per heavy atom. The quantitative estimate of drug-likeness (QED) is 0.609. The Bertz CT molecular complexity index is 1130. The van der Waals surface area contributed by atoms with Crippen molar-refractivity contribution in [1.82, 2.24) is 10.6 Å². The highest BCUT2D eigenvalue weighted by molar-refractivity contribution is 7.91. The van der Waals surface area contributed by atoms with Gasteiger partial charge in [0.15, 0.2) is 9.84 Å². The zero-order chi connectivity index (χ0) is 22.6. The molecule has 0 saturated heterocycles. The van der Waals surface area contributed by atoms with Crippen molar-refractivity contribution in [3.8, 4) is 5.75 Å². The Balaban J connectivity index is 2.13. The molecule has 1 aliphatic rings. The maximum Gasteiger partial charge on any atom is 0.338 e. The third kappa shape index (κ3) is 5.00. The Morgan fingerprint density at radius 3 is 2.45 bits per heavy atom. The number of halogens is 1. The first-order valence-corrected chi connectivity index (χ1v) is 11.4. The molecule has 2 aromatic rings. The Kier molecular flexibility index (Phi) is 6.87. The van der Waals surface area contributed by atoms with Gasteiger partial charge in [0.2, 0.25) is 0 Å². The fraction of sp³-hybridized carbons (Fsp3) is 0.238. The topological polar surface area (TPSA) is 111 Å². The second-order valence-electron chi connectivity index (χ2n) is 6.60. The standard InChI is InChI=1S/C21H21ClN2O6S/c1-3-30-20(25)18-16(12-31(27,28)14-10-8-13(22)9-11-14)23-21(26)24-19(18)15-6-4-5-7-17(15)29-2/h4-11,19H,3,12H2,1-2H3,(H2,23,24,26)/t19-/m1/s1. The molecule has 31 heavy (non-hydrogen) atoms. The SMILES string of the molecule is CCOC(=O)C1=C(CS(=O)(=O)c2ccc(Cl)cc2)NC(=O)N[C@@H]1c1ccccc1OC. The van der Waals surface area contributed by atoms with Gasteiger partial charge in [-0.05, 0) is 37.3 Å². The molecule has 2 N–H and O–H groups in total. The molecule has 164 valence electrons. The highest BCUT2D eigenvalue weighted by Gasteiger charge is 2.36. The number of hydrogen-bond acceptors (Lipinski definition) is 6. The summed E-state index contributed by atoms with van der Waals surface area (Å²) >= 11 is 5.85. The fourth-order valence-electron chi connectivity index (χ4n) is 3.24. The van der Waals surface area contributed by atoms with Crippen LogP contribution < -0.4 is 15.4 Å². The Labute approximate surface area is 185 Å². The second kappa shape index (κ2) is 9.40. The van der Waals surface area contributed by atoms with Crippen LogP contribution in [0.1, 0.15) is 18.5 Å². The van der Waals surface area contributed by atoms with E-state index in [1.807, 2.05) is 0 Å². The van der Waals surface area contributed by atoms with Gasteiger partial charge in [-0.3, -0.25) is 0 Å². The summed E-state index contributed by atoms with van der Waals surface area (Å²) in [6.45, 7) is 1.71. The summed E-state index contributed by atoms with van der Waals surface area (Å²) in [5.74, 6) is -0.925. The van der Waals surface area contributed by atoms with Crippen molar-refractivity contribution < 1.29 is 27.5 Å². The minimum absolute atomic E-state index is 0.00855. The zero-order valence-corrected chi connectivity index (χ0v) is 18.4. The fourth-order valence-corrected chi connectivity index (χ4v) is 4.69. The molecule has 0 radical (unpaired) electrons. The second-order valence-corrected chi connectivity index (χ2v) is 9.03. The van der Waals surface area contributed by atoms with Crippen LogP contribution in [-0.4, -0.2) is 39.9 Å². The molecular weight excluding hydrogens is 444 g/mol. The van der Waals surface area contributed by atoms with Gasteiger partial charge >= 0.3 is 12.0 Å². The number of ether oxygens (including phenoxy) is 2. The van der Waals surface area contributed by atoms with Gasteiger partial charge in [0.05, 0.1) is 36.0 Å². The predicted molar refractivity (Wildman–Crippen MR) is 115 cm³/mol. The van der Waals surface area contributed by atoms with E-state index in [9.17, 15) is 18.0 Å². The van der Waals surface area contributed by atoms with Gasteiger partial charge in [-0.15, -0.1) is 0 Å². The Hall–Kier alpha value is -3.04. The van der Waals surface area contributed by atoms with Gasteiger partial charge in [-0.2, -0.15) is 0 Å². The van der Waals surface area contributed by atoms with Gasteiger partial charge in [-0.1, -0.05) is 29.8 Å². The number of methoxy groups -OCH3 is 1. The smallest absolute Gasteiger partial charge is 0.338 e. The number of para-hydroxylation sites is 1. The Morgan fingerprint density at radius 1 is 1.13 bits per heavy atom. The molecule has 1 aliphatic heterocycles. The van der Waals surface area contributed by atoms with Crippen molar-refractivity contribution in [2.24, 2.45) is 0 Å².